The minimum Gasteiger partial charge on any atom is -0.489 e. The molecule has 4 rings (SSSR count). The summed E-state index contributed by atoms with van der Waals surface area (Å²) in [5, 5.41) is 5.15. The van der Waals surface area contributed by atoms with Gasteiger partial charge in [-0.1, -0.05) is 75.0 Å². The Morgan fingerprint density at radius 3 is 2.74 bits per heavy atom. The van der Waals surface area contributed by atoms with E-state index in [1.165, 1.54) is 0 Å². The van der Waals surface area contributed by atoms with Crippen molar-refractivity contribution in [2.75, 3.05) is 11.5 Å². The molecule has 0 aromatic heterocycles. The Labute approximate surface area is 201 Å². The molecule has 2 atom stereocenters. The minimum atomic E-state index is -0.568. The zero-order chi connectivity index (χ0) is 24.1. The van der Waals surface area contributed by atoms with Crippen LogP contribution in [-0.4, -0.2) is 24.5 Å². The maximum absolute atomic E-state index is 13.9. The van der Waals surface area contributed by atoms with Gasteiger partial charge < -0.3 is 15.0 Å². The number of rotatable bonds is 8. The standard InChI is InChI=1S/C29H32N2O3/c1-4-18-34-27-17-15-21-10-6-8-12-23(21)24(27)19-31-26-13-9-7-11-22(26)14-16-25(29(31)33)30-28(32)20(3)5-2/h4,6-13,15,17,20,25H,1,5,14,16,18-19H2,2-3H3,(H,30,32)/t20-,25+/m1/s1. The Morgan fingerprint density at radius 2 is 1.94 bits per heavy atom. The fourth-order valence-corrected chi connectivity index (χ4v) is 4.43. The van der Waals surface area contributed by atoms with Crippen molar-refractivity contribution in [2.45, 2.75) is 45.7 Å². The third-order valence-corrected chi connectivity index (χ3v) is 6.60. The van der Waals surface area contributed by atoms with E-state index in [9.17, 15) is 9.59 Å². The summed E-state index contributed by atoms with van der Waals surface area (Å²) in [5.41, 5.74) is 2.93. The van der Waals surface area contributed by atoms with Crippen LogP contribution in [0, 0.1) is 5.92 Å². The zero-order valence-electron chi connectivity index (χ0n) is 19.9. The van der Waals surface area contributed by atoms with Crippen molar-refractivity contribution in [3.63, 3.8) is 0 Å². The molecule has 0 saturated carbocycles. The van der Waals surface area contributed by atoms with Gasteiger partial charge >= 0.3 is 0 Å². The number of para-hydroxylation sites is 1. The number of ether oxygens (including phenoxy) is 1. The number of fused-ring (bicyclic) bond motifs is 2. The summed E-state index contributed by atoms with van der Waals surface area (Å²) in [5.74, 6) is 0.424. The van der Waals surface area contributed by atoms with E-state index in [1.807, 2.05) is 61.2 Å². The number of nitrogens with zero attached hydrogens (tertiary/aromatic N) is 1. The van der Waals surface area contributed by atoms with Gasteiger partial charge in [0.25, 0.3) is 0 Å². The van der Waals surface area contributed by atoms with Crippen LogP contribution in [0.3, 0.4) is 0 Å². The largest absolute Gasteiger partial charge is 0.489 e. The average Bonchev–Trinajstić information content (AvgIpc) is 2.99. The first-order chi connectivity index (χ1) is 16.5. The van der Waals surface area contributed by atoms with Crippen molar-refractivity contribution in [3.8, 4) is 5.75 Å². The van der Waals surface area contributed by atoms with Gasteiger partial charge in [0.05, 0.1) is 6.54 Å². The van der Waals surface area contributed by atoms with Crippen molar-refractivity contribution in [3.05, 3.63) is 84.4 Å². The van der Waals surface area contributed by atoms with E-state index in [4.69, 9.17) is 4.74 Å². The molecule has 34 heavy (non-hydrogen) atoms. The molecule has 1 N–H and O–H groups in total. The predicted molar refractivity (Wildman–Crippen MR) is 137 cm³/mol. The van der Waals surface area contributed by atoms with Crippen LogP contribution < -0.4 is 15.0 Å². The third kappa shape index (κ3) is 4.84. The van der Waals surface area contributed by atoms with Gasteiger partial charge in [-0.2, -0.15) is 0 Å². The van der Waals surface area contributed by atoms with Crippen LogP contribution in [0.2, 0.25) is 0 Å². The van der Waals surface area contributed by atoms with Crippen LogP contribution in [0.1, 0.15) is 37.8 Å². The molecule has 0 unspecified atom stereocenters. The van der Waals surface area contributed by atoms with Crippen LogP contribution in [0.5, 0.6) is 5.75 Å². The highest BCUT2D eigenvalue weighted by Gasteiger charge is 2.32. The lowest BCUT2D eigenvalue weighted by molar-refractivity contribution is -0.129. The van der Waals surface area contributed by atoms with Crippen LogP contribution in [0.15, 0.2) is 73.3 Å². The van der Waals surface area contributed by atoms with E-state index in [0.29, 0.717) is 19.6 Å². The number of nitrogens with one attached hydrogen (secondary N) is 1. The molecule has 3 aromatic rings. The monoisotopic (exact) mass is 456 g/mol. The number of carbonyl (C=O) groups excluding carboxylic acids is 2. The molecule has 0 radical (unpaired) electrons. The first-order valence-electron chi connectivity index (χ1n) is 12.0. The van der Waals surface area contributed by atoms with Gasteiger partial charge in [0.1, 0.15) is 18.4 Å². The van der Waals surface area contributed by atoms with E-state index in [0.717, 1.165) is 46.2 Å². The third-order valence-electron chi connectivity index (χ3n) is 6.60. The Kier molecular flexibility index (Phi) is 7.31. The lowest BCUT2D eigenvalue weighted by Crippen LogP contribution is -2.49. The molecule has 0 spiro atoms. The first-order valence-corrected chi connectivity index (χ1v) is 12.0. The first kappa shape index (κ1) is 23.6. The highest BCUT2D eigenvalue weighted by atomic mass is 16.5. The fraction of sp³-hybridized carbons (Fsp3) is 0.310. The predicted octanol–water partition coefficient (Wildman–Crippen LogP) is 5.41. The number of hydrogen-bond donors (Lipinski definition) is 1. The highest BCUT2D eigenvalue weighted by molar-refractivity contribution is 6.01. The lowest BCUT2D eigenvalue weighted by Gasteiger charge is -2.28. The van der Waals surface area contributed by atoms with Crippen molar-refractivity contribution >= 4 is 28.3 Å². The SMILES string of the molecule is C=CCOc1ccc2ccccc2c1CN1C(=O)[C@@H](NC(=O)[C@H](C)CC)CCc2ccccc21. The second-order valence-electron chi connectivity index (χ2n) is 8.83. The summed E-state index contributed by atoms with van der Waals surface area (Å²) in [4.78, 5) is 28.4. The maximum atomic E-state index is 13.9. The molecule has 1 aliphatic rings. The number of hydrogen-bond acceptors (Lipinski definition) is 3. The van der Waals surface area contributed by atoms with E-state index in [1.54, 1.807) is 6.08 Å². The number of carbonyl (C=O) groups is 2. The highest BCUT2D eigenvalue weighted by Crippen LogP contribution is 2.34. The molecule has 0 bridgehead atoms. The second kappa shape index (κ2) is 10.6. The van der Waals surface area contributed by atoms with Gasteiger partial charge in [0.2, 0.25) is 11.8 Å². The number of anilines is 1. The molecule has 0 fully saturated rings. The van der Waals surface area contributed by atoms with E-state index >= 15 is 0 Å². The average molecular weight is 457 g/mol. The van der Waals surface area contributed by atoms with Gasteiger partial charge in [-0.3, -0.25) is 9.59 Å². The van der Waals surface area contributed by atoms with Gasteiger partial charge in [-0.15, -0.1) is 0 Å². The Bertz CT molecular complexity index is 1200. The van der Waals surface area contributed by atoms with Crippen molar-refractivity contribution in [1.82, 2.24) is 5.32 Å². The van der Waals surface area contributed by atoms with Gasteiger partial charge in [0, 0.05) is 17.2 Å². The smallest absolute Gasteiger partial charge is 0.249 e. The molecule has 176 valence electrons. The van der Waals surface area contributed by atoms with E-state index in [2.05, 4.69) is 30.1 Å². The van der Waals surface area contributed by atoms with Crippen LogP contribution in [0.25, 0.3) is 10.8 Å². The lowest BCUT2D eigenvalue weighted by atomic mass is 10.0. The molecular formula is C29H32N2O3. The van der Waals surface area contributed by atoms with Gasteiger partial charge in [-0.25, -0.2) is 0 Å². The Morgan fingerprint density at radius 1 is 1.18 bits per heavy atom. The molecule has 0 aliphatic carbocycles. The van der Waals surface area contributed by atoms with Crippen molar-refractivity contribution < 1.29 is 14.3 Å². The molecule has 2 amide bonds. The summed E-state index contributed by atoms with van der Waals surface area (Å²) < 4.78 is 6.00. The van der Waals surface area contributed by atoms with E-state index in [-0.39, 0.29) is 17.7 Å². The molecule has 3 aromatic carbocycles. The number of aryl methyl sites for hydroxylation is 1. The second-order valence-corrected chi connectivity index (χ2v) is 8.83. The quantitative estimate of drug-likeness (QED) is 0.461. The number of amides is 2. The molecule has 1 heterocycles. The molecule has 5 nitrogen and oxygen atoms in total. The Balaban J connectivity index is 1.76. The maximum Gasteiger partial charge on any atom is 0.249 e. The summed E-state index contributed by atoms with van der Waals surface area (Å²) in [6, 6.07) is 19.5. The van der Waals surface area contributed by atoms with Crippen LogP contribution >= 0.6 is 0 Å². The van der Waals surface area contributed by atoms with Gasteiger partial charge in [-0.05, 0) is 47.7 Å². The van der Waals surface area contributed by atoms with Crippen molar-refractivity contribution in [1.29, 1.82) is 0 Å². The Hall–Kier alpha value is -3.60. The minimum absolute atomic E-state index is 0.0769. The fourth-order valence-electron chi connectivity index (χ4n) is 4.43. The topological polar surface area (TPSA) is 58.6 Å². The van der Waals surface area contributed by atoms with Crippen LogP contribution in [0.4, 0.5) is 5.69 Å². The summed E-state index contributed by atoms with van der Waals surface area (Å²) in [6.07, 6.45) is 3.74. The van der Waals surface area contributed by atoms with E-state index < -0.39 is 6.04 Å². The number of benzene rings is 3. The van der Waals surface area contributed by atoms with Crippen molar-refractivity contribution in [2.24, 2.45) is 5.92 Å². The molecule has 1 aliphatic heterocycles. The summed E-state index contributed by atoms with van der Waals surface area (Å²) in [6.45, 7) is 8.36. The summed E-state index contributed by atoms with van der Waals surface area (Å²) >= 11 is 0. The zero-order valence-corrected chi connectivity index (χ0v) is 19.9. The molecule has 5 heteroatoms. The van der Waals surface area contributed by atoms with Gasteiger partial charge in [0.15, 0.2) is 0 Å². The normalized spacial score (nSPS) is 16.5. The molecular weight excluding hydrogens is 424 g/mol. The summed E-state index contributed by atoms with van der Waals surface area (Å²) in [7, 11) is 0. The molecule has 0 saturated heterocycles. The van der Waals surface area contributed by atoms with Crippen LogP contribution in [-0.2, 0) is 22.6 Å².